The van der Waals surface area contributed by atoms with Crippen molar-refractivity contribution in [1.29, 1.82) is 0 Å². The number of rotatable bonds is 6. The minimum absolute atomic E-state index is 0.158. The van der Waals surface area contributed by atoms with Gasteiger partial charge < -0.3 is 9.47 Å². The molecular weight excluding hydrogens is 426 g/mol. The first-order chi connectivity index (χ1) is 14.7. The van der Waals surface area contributed by atoms with Gasteiger partial charge in [0.15, 0.2) is 6.29 Å². The molecule has 0 radical (unpaired) electrons. The minimum Gasteiger partial charge on any atom is -0.353 e. The predicted molar refractivity (Wildman–Crippen MR) is 127 cm³/mol. The SMILES string of the molecule is Cc1ccc(S(=O)(=O)N2CCc3c(COC4CCCCO4)ccc([Si](C)(C)C)c32)cc1. The van der Waals surface area contributed by atoms with Gasteiger partial charge in [-0.25, -0.2) is 8.42 Å². The van der Waals surface area contributed by atoms with E-state index in [-0.39, 0.29) is 6.29 Å². The van der Waals surface area contributed by atoms with Crippen LogP contribution in [0.5, 0.6) is 0 Å². The summed E-state index contributed by atoms with van der Waals surface area (Å²) in [5, 5.41) is 1.19. The molecule has 1 unspecified atom stereocenters. The topological polar surface area (TPSA) is 55.8 Å². The van der Waals surface area contributed by atoms with E-state index in [9.17, 15) is 8.42 Å². The lowest BCUT2D eigenvalue weighted by atomic mass is 10.1. The molecule has 31 heavy (non-hydrogen) atoms. The number of anilines is 1. The van der Waals surface area contributed by atoms with E-state index in [4.69, 9.17) is 9.47 Å². The summed E-state index contributed by atoms with van der Waals surface area (Å²) in [7, 11) is -5.38. The number of ether oxygens (including phenoxy) is 2. The standard InChI is InChI=1S/C24H33NO4SSi/c1-18-8-11-20(12-9-18)30(26,27)25-15-14-21-19(17-29-23-7-5-6-16-28-23)10-13-22(24(21)25)31(2,3)4/h8-13,23H,5-7,14-17H2,1-4H3. The Labute approximate surface area is 187 Å². The number of sulfonamides is 1. The zero-order chi connectivity index (χ0) is 22.2. The molecule has 168 valence electrons. The zero-order valence-corrected chi connectivity index (χ0v) is 20.8. The van der Waals surface area contributed by atoms with Crippen molar-refractivity contribution in [2.45, 2.75) is 70.0 Å². The highest BCUT2D eigenvalue weighted by Crippen LogP contribution is 2.36. The second kappa shape index (κ2) is 8.69. The molecule has 0 N–H and O–H groups in total. The lowest BCUT2D eigenvalue weighted by molar-refractivity contribution is -0.169. The third-order valence-corrected chi connectivity index (χ3v) is 10.0. The Morgan fingerprint density at radius 1 is 1.10 bits per heavy atom. The first-order valence-electron chi connectivity index (χ1n) is 11.2. The average Bonchev–Trinajstić information content (AvgIpc) is 3.18. The number of hydrogen-bond donors (Lipinski definition) is 0. The highest BCUT2D eigenvalue weighted by molar-refractivity contribution is 7.92. The molecular formula is C24H33NO4SSi. The van der Waals surface area contributed by atoms with Crippen LogP contribution in [-0.2, 0) is 32.5 Å². The lowest BCUT2D eigenvalue weighted by Gasteiger charge is -2.28. The first-order valence-corrected chi connectivity index (χ1v) is 16.1. The number of hydrogen-bond acceptors (Lipinski definition) is 4. The minimum atomic E-state index is -3.61. The van der Waals surface area contributed by atoms with Crippen molar-refractivity contribution in [2.24, 2.45) is 0 Å². The number of fused-ring (bicyclic) bond motifs is 1. The highest BCUT2D eigenvalue weighted by atomic mass is 32.2. The third-order valence-electron chi connectivity index (χ3n) is 6.17. The molecule has 1 fully saturated rings. The molecule has 2 aromatic rings. The van der Waals surface area contributed by atoms with Gasteiger partial charge in [0.2, 0.25) is 0 Å². The molecule has 0 aliphatic carbocycles. The smallest absolute Gasteiger partial charge is 0.264 e. The molecule has 2 aliphatic heterocycles. The van der Waals surface area contributed by atoms with E-state index in [1.165, 1.54) is 5.19 Å². The normalized spacial score (nSPS) is 19.5. The fourth-order valence-electron chi connectivity index (χ4n) is 4.41. The zero-order valence-electron chi connectivity index (χ0n) is 19.0. The third kappa shape index (κ3) is 4.60. The number of aryl methyl sites for hydroxylation is 1. The Kier molecular flexibility index (Phi) is 6.32. The van der Waals surface area contributed by atoms with Crippen LogP contribution in [0.2, 0.25) is 19.6 Å². The largest absolute Gasteiger partial charge is 0.353 e. The molecule has 0 bridgehead atoms. The summed E-state index contributed by atoms with van der Waals surface area (Å²) >= 11 is 0. The predicted octanol–water partition coefficient (Wildman–Crippen LogP) is 4.33. The van der Waals surface area contributed by atoms with Gasteiger partial charge in [0.05, 0.1) is 25.3 Å². The quantitative estimate of drug-likeness (QED) is 0.603. The lowest BCUT2D eigenvalue weighted by Crippen LogP contribution is -2.43. The van der Waals surface area contributed by atoms with Crippen molar-refractivity contribution in [3.05, 3.63) is 53.1 Å². The van der Waals surface area contributed by atoms with Crippen LogP contribution < -0.4 is 9.49 Å². The summed E-state index contributed by atoms with van der Waals surface area (Å²) in [4.78, 5) is 0.352. The van der Waals surface area contributed by atoms with E-state index < -0.39 is 18.1 Å². The Bertz CT molecular complexity index is 1040. The maximum atomic E-state index is 13.6. The summed E-state index contributed by atoms with van der Waals surface area (Å²) in [5.41, 5.74) is 4.14. The Balaban J connectivity index is 1.71. The van der Waals surface area contributed by atoms with Crippen LogP contribution >= 0.6 is 0 Å². The first kappa shape index (κ1) is 22.5. The molecule has 5 nitrogen and oxygen atoms in total. The van der Waals surface area contributed by atoms with E-state index >= 15 is 0 Å². The maximum Gasteiger partial charge on any atom is 0.264 e. The van der Waals surface area contributed by atoms with Gasteiger partial charge in [-0.1, -0.05) is 49.5 Å². The van der Waals surface area contributed by atoms with E-state index in [0.29, 0.717) is 24.5 Å². The van der Waals surface area contributed by atoms with E-state index in [1.54, 1.807) is 16.4 Å². The number of benzene rings is 2. The molecule has 2 aromatic carbocycles. The van der Waals surface area contributed by atoms with Gasteiger partial charge >= 0.3 is 0 Å². The molecule has 0 aromatic heterocycles. The molecule has 0 saturated carbocycles. The van der Waals surface area contributed by atoms with Crippen LogP contribution in [0.15, 0.2) is 41.3 Å². The average molecular weight is 460 g/mol. The van der Waals surface area contributed by atoms with E-state index in [1.807, 2.05) is 19.1 Å². The van der Waals surface area contributed by atoms with Crippen molar-refractivity contribution < 1.29 is 17.9 Å². The summed E-state index contributed by atoms with van der Waals surface area (Å²) in [6.45, 7) is 10.4. The molecule has 1 atom stereocenters. The van der Waals surface area contributed by atoms with Gasteiger partial charge in [-0.2, -0.15) is 0 Å². The van der Waals surface area contributed by atoms with Crippen LogP contribution in [-0.4, -0.2) is 35.9 Å². The van der Waals surface area contributed by atoms with Crippen molar-refractivity contribution in [1.82, 2.24) is 0 Å². The maximum absolute atomic E-state index is 13.6. The summed E-state index contributed by atoms with van der Waals surface area (Å²) < 4.78 is 40.6. The van der Waals surface area contributed by atoms with Gasteiger partial charge in [0.25, 0.3) is 10.0 Å². The second-order valence-corrected chi connectivity index (χ2v) is 16.5. The monoisotopic (exact) mass is 459 g/mol. The molecule has 1 saturated heterocycles. The van der Waals surface area contributed by atoms with Crippen LogP contribution in [0, 0.1) is 6.92 Å². The van der Waals surface area contributed by atoms with Gasteiger partial charge in [-0.15, -0.1) is 0 Å². The molecule has 7 heteroatoms. The second-order valence-electron chi connectivity index (χ2n) is 9.60. The van der Waals surface area contributed by atoms with Gasteiger partial charge in [-0.05, 0) is 61.1 Å². The molecule has 2 heterocycles. The van der Waals surface area contributed by atoms with Crippen molar-refractivity contribution in [2.75, 3.05) is 17.5 Å². The van der Waals surface area contributed by atoms with Crippen LogP contribution in [0.3, 0.4) is 0 Å². The van der Waals surface area contributed by atoms with E-state index in [2.05, 4.69) is 31.8 Å². The summed E-state index contributed by atoms with van der Waals surface area (Å²) in [6.07, 6.45) is 3.69. The van der Waals surface area contributed by atoms with Crippen LogP contribution in [0.25, 0.3) is 0 Å². The van der Waals surface area contributed by atoms with Gasteiger partial charge in [-0.3, -0.25) is 4.31 Å². The van der Waals surface area contributed by atoms with Crippen molar-refractivity contribution in [3.8, 4) is 0 Å². The Morgan fingerprint density at radius 2 is 1.84 bits per heavy atom. The fraction of sp³-hybridized carbons (Fsp3) is 0.500. The molecule has 0 spiro atoms. The van der Waals surface area contributed by atoms with E-state index in [0.717, 1.165) is 48.2 Å². The van der Waals surface area contributed by atoms with Gasteiger partial charge in [0.1, 0.15) is 0 Å². The summed E-state index contributed by atoms with van der Waals surface area (Å²) in [6, 6.07) is 11.4. The summed E-state index contributed by atoms with van der Waals surface area (Å²) in [5.74, 6) is 0. The molecule has 2 aliphatic rings. The van der Waals surface area contributed by atoms with Crippen LogP contribution in [0.1, 0.15) is 36.0 Å². The van der Waals surface area contributed by atoms with Crippen molar-refractivity contribution in [3.63, 3.8) is 0 Å². The molecule has 0 amide bonds. The molecule has 4 rings (SSSR count). The fourth-order valence-corrected chi connectivity index (χ4v) is 7.59. The van der Waals surface area contributed by atoms with Crippen LogP contribution in [0.4, 0.5) is 5.69 Å². The number of nitrogens with zero attached hydrogens (tertiary/aromatic N) is 1. The Morgan fingerprint density at radius 3 is 2.48 bits per heavy atom. The van der Waals surface area contributed by atoms with Crippen molar-refractivity contribution >= 4 is 29.0 Å². The highest BCUT2D eigenvalue weighted by Gasteiger charge is 2.37. The van der Waals surface area contributed by atoms with Gasteiger partial charge in [0, 0.05) is 13.2 Å². The Hall–Kier alpha value is -1.67.